The van der Waals surface area contributed by atoms with Crippen molar-refractivity contribution in [1.82, 2.24) is 5.32 Å². The molecule has 0 aromatic heterocycles. The van der Waals surface area contributed by atoms with Crippen LogP contribution in [0.3, 0.4) is 0 Å². The number of rotatable bonds is 1. The second-order valence-electron chi connectivity index (χ2n) is 4.43. The van der Waals surface area contributed by atoms with Gasteiger partial charge in [-0.1, -0.05) is 6.07 Å². The fraction of sp³-hybridized carbons (Fsp3) is 0.500. The summed E-state index contributed by atoms with van der Waals surface area (Å²) >= 11 is 0. The standard InChI is InChI=1S/C12H15NO3S/c1-8-5-13-10(6-17(8)14)9-2-3-11-12(4-9)16-7-15-11/h2-4,8,10,13H,5-7H2,1H3. The highest BCUT2D eigenvalue weighted by Gasteiger charge is 2.26. The van der Waals surface area contributed by atoms with Crippen molar-refractivity contribution in [1.29, 1.82) is 0 Å². The van der Waals surface area contributed by atoms with Crippen LogP contribution in [-0.2, 0) is 10.8 Å². The fourth-order valence-electron chi connectivity index (χ4n) is 2.13. The van der Waals surface area contributed by atoms with Crippen LogP contribution in [0.5, 0.6) is 11.5 Å². The third-order valence-electron chi connectivity index (χ3n) is 3.23. The number of hydrogen-bond acceptors (Lipinski definition) is 4. The van der Waals surface area contributed by atoms with Crippen LogP contribution in [0.2, 0.25) is 0 Å². The fourth-order valence-corrected chi connectivity index (χ4v) is 3.38. The lowest BCUT2D eigenvalue weighted by molar-refractivity contribution is 0.174. The van der Waals surface area contributed by atoms with Crippen molar-refractivity contribution in [2.24, 2.45) is 0 Å². The Labute approximate surface area is 103 Å². The van der Waals surface area contributed by atoms with Gasteiger partial charge in [0.2, 0.25) is 6.79 Å². The van der Waals surface area contributed by atoms with Gasteiger partial charge in [0.15, 0.2) is 11.5 Å². The third kappa shape index (κ3) is 2.05. The molecule has 92 valence electrons. The normalized spacial score (nSPS) is 31.5. The Morgan fingerprint density at radius 1 is 1.35 bits per heavy atom. The molecule has 2 aliphatic rings. The van der Waals surface area contributed by atoms with Crippen molar-refractivity contribution >= 4 is 10.8 Å². The number of hydrogen-bond donors (Lipinski definition) is 1. The summed E-state index contributed by atoms with van der Waals surface area (Å²) in [5.74, 6) is 2.24. The Kier molecular flexibility index (Phi) is 2.80. The van der Waals surface area contributed by atoms with Crippen LogP contribution < -0.4 is 14.8 Å². The van der Waals surface area contributed by atoms with Crippen LogP contribution in [0.4, 0.5) is 0 Å². The van der Waals surface area contributed by atoms with E-state index in [1.807, 2.05) is 25.1 Å². The molecule has 3 rings (SSSR count). The zero-order chi connectivity index (χ0) is 11.8. The molecular formula is C12H15NO3S. The summed E-state index contributed by atoms with van der Waals surface area (Å²) in [5.41, 5.74) is 1.12. The lowest BCUT2D eigenvalue weighted by Crippen LogP contribution is -2.41. The second kappa shape index (κ2) is 4.31. The smallest absolute Gasteiger partial charge is 0.231 e. The Balaban J connectivity index is 1.82. The van der Waals surface area contributed by atoms with E-state index in [-0.39, 0.29) is 11.3 Å². The first kappa shape index (κ1) is 11.0. The molecule has 17 heavy (non-hydrogen) atoms. The highest BCUT2D eigenvalue weighted by Crippen LogP contribution is 2.34. The van der Waals surface area contributed by atoms with Gasteiger partial charge >= 0.3 is 0 Å². The monoisotopic (exact) mass is 253 g/mol. The van der Waals surface area contributed by atoms with E-state index in [0.29, 0.717) is 12.5 Å². The first-order valence-corrected chi connectivity index (χ1v) is 7.12. The molecule has 3 atom stereocenters. The van der Waals surface area contributed by atoms with E-state index in [2.05, 4.69) is 5.32 Å². The highest BCUT2D eigenvalue weighted by atomic mass is 32.2. The Morgan fingerprint density at radius 3 is 3.00 bits per heavy atom. The van der Waals surface area contributed by atoms with Gasteiger partial charge < -0.3 is 14.8 Å². The topological polar surface area (TPSA) is 47.6 Å². The van der Waals surface area contributed by atoms with Crippen molar-refractivity contribution in [3.63, 3.8) is 0 Å². The molecule has 0 spiro atoms. The zero-order valence-corrected chi connectivity index (χ0v) is 10.5. The van der Waals surface area contributed by atoms with Crippen molar-refractivity contribution in [3.8, 4) is 11.5 Å². The van der Waals surface area contributed by atoms with Gasteiger partial charge in [-0.15, -0.1) is 0 Å². The Bertz CT molecular complexity index is 463. The predicted octanol–water partition coefficient (Wildman–Crippen LogP) is 1.20. The number of ether oxygens (including phenoxy) is 2. The van der Waals surface area contributed by atoms with Crippen molar-refractivity contribution < 1.29 is 13.7 Å². The van der Waals surface area contributed by atoms with Crippen LogP contribution in [0.1, 0.15) is 18.5 Å². The first-order chi connectivity index (χ1) is 8.24. The minimum absolute atomic E-state index is 0.154. The highest BCUT2D eigenvalue weighted by molar-refractivity contribution is 7.85. The molecule has 1 aromatic carbocycles. The minimum Gasteiger partial charge on any atom is -0.454 e. The van der Waals surface area contributed by atoms with Crippen LogP contribution >= 0.6 is 0 Å². The molecule has 1 fully saturated rings. The summed E-state index contributed by atoms with van der Waals surface area (Å²) < 4.78 is 22.5. The van der Waals surface area contributed by atoms with Gasteiger partial charge in [0, 0.05) is 34.4 Å². The molecule has 2 heterocycles. The van der Waals surface area contributed by atoms with E-state index < -0.39 is 10.8 Å². The lowest BCUT2D eigenvalue weighted by Gasteiger charge is -2.27. The maximum absolute atomic E-state index is 11.8. The average Bonchev–Trinajstić information content (AvgIpc) is 2.79. The number of fused-ring (bicyclic) bond motifs is 1. The van der Waals surface area contributed by atoms with Crippen molar-refractivity contribution in [2.75, 3.05) is 19.1 Å². The molecule has 1 aromatic rings. The molecule has 5 heteroatoms. The van der Waals surface area contributed by atoms with Gasteiger partial charge in [0.1, 0.15) is 0 Å². The molecule has 1 N–H and O–H groups in total. The Hall–Kier alpha value is -1.07. The maximum atomic E-state index is 11.8. The Morgan fingerprint density at radius 2 is 2.18 bits per heavy atom. The van der Waals surface area contributed by atoms with Crippen LogP contribution in [-0.4, -0.2) is 28.5 Å². The summed E-state index contributed by atoms with van der Waals surface area (Å²) in [6.45, 7) is 3.10. The maximum Gasteiger partial charge on any atom is 0.231 e. The number of benzene rings is 1. The predicted molar refractivity (Wildman–Crippen MR) is 65.8 cm³/mol. The molecule has 1 saturated heterocycles. The molecular weight excluding hydrogens is 238 g/mol. The van der Waals surface area contributed by atoms with E-state index in [1.54, 1.807) is 0 Å². The molecule has 0 saturated carbocycles. The average molecular weight is 253 g/mol. The van der Waals surface area contributed by atoms with Crippen LogP contribution in [0, 0.1) is 0 Å². The van der Waals surface area contributed by atoms with E-state index >= 15 is 0 Å². The molecule has 0 bridgehead atoms. The summed E-state index contributed by atoms with van der Waals surface area (Å²) in [5, 5.41) is 3.65. The SMILES string of the molecule is CC1CNC(c2ccc3c(c2)OCO3)CS1=O. The number of nitrogens with one attached hydrogen (secondary N) is 1. The van der Waals surface area contributed by atoms with E-state index in [0.717, 1.165) is 23.6 Å². The van der Waals surface area contributed by atoms with Gasteiger partial charge in [-0.3, -0.25) is 4.21 Å². The molecule has 4 nitrogen and oxygen atoms in total. The van der Waals surface area contributed by atoms with Gasteiger partial charge in [-0.25, -0.2) is 0 Å². The van der Waals surface area contributed by atoms with Gasteiger partial charge in [0.05, 0.1) is 0 Å². The zero-order valence-electron chi connectivity index (χ0n) is 9.64. The van der Waals surface area contributed by atoms with Crippen molar-refractivity contribution in [2.45, 2.75) is 18.2 Å². The van der Waals surface area contributed by atoms with Gasteiger partial charge in [0.25, 0.3) is 0 Å². The van der Waals surface area contributed by atoms with E-state index in [1.165, 1.54) is 0 Å². The summed E-state index contributed by atoms with van der Waals surface area (Å²) in [4.78, 5) is 0. The minimum atomic E-state index is -0.748. The summed E-state index contributed by atoms with van der Waals surface area (Å²) in [7, 11) is -0.748. The van der Waals surface area contributed by atoms with Crippen molar-refractivity contribution in [3.05, 3.63) is 23.8 Å². The largest absolute Gasteiger partial charge is 0.454 e. The van der Waals surface area contributed by atoms with Gasteiger partial charge in [-0.2, -0.15) is 0 Å². The molecule has 3 unspecified atom stereocenters. The first-order valence-electron chi connectivity index (χ1n) is 5.74. The quantitative estimate of drug-likeness (QED) is 0.817. The molecule has 0 aliphatic carbocycles. The summed E-state index contributed by atoms with van der Waals surface area (Å²) in [6, 6.07) is 6.06. The van der Waals surface area contributed by atoms with E-state index in [9.17, 15) is 4.21 Å². The van der Waals surface area contributed by atoms with Crippen LogP contribution in [0.25, 0.3) is 0 Å². The molecule has 0 radical (unpaired) electrons. The van der Waals surface area contributed by atoms with Crippen LogP contribution in [0.15, 0.2) is 18.2 Å². The molecule has 2 aliphatic heterocycles. The van der Waals surface area contributed by atoms with E-state index in [4.69, 9.17) is 9.47 Å². The third-order valence-corrected chi connectivity index (χ3v) is 4.96. The molecule has 0 amide bonds. The van der Waals surface area contributed by atoms with Gasteiger partial charge in [-0.05, 0) is 24.6 Å². The lowest BCUT2D eigenvalue weighted by atomic mass is 10.1. The summed E-state index contributed by atoms with van der Waals surface area (Å²) in [6.07, 6.45) is 0. The second-order valence-corrected chi connectivity index (χ2v) is 6.33.